The minimum Gasteiger partial charge on any atom is -0.311 e. The maximum atomic E-state index is 2.34. The first kappa shape index (κ1) is 39.9. The predicted octanol–water partition coefficient (Wildman–Crippen LogP) is 17.3. The Labute approximate surface area is 377 Å². The number of nitrogens with zero attached hydrogens (tertiary/aromatic N) is 1. The van der Waals surface area contributed by atoms with Crippen molar-refractivity contribution in [3.05, 3.63) is 284 Å². The van der Waals surface area contributed by atoms with Crippen LogP contribution in [0.2, 0.25) is 0 Å². The Bertz CT molecular complexity index is 2980. The van der Waals surface area contributed by atoms with Crippen molar-refractivity contribution in [2.45, 2.75) is 6.42 Å². The average Bonchev–Trinajstić information content (AvgIpc) is 3.38. The van der Waals surface area contributed by atoms with Crippen molar-refractivity contribution in [3.63, 3.8) is 0 Å². The van der Waals surface area contributed by atoms with Crippen molar-refractivity contribution in [2.24, 2.45) is 0 Å². The molecule has 0 aromatic heterocycles. The molecule has 0 amide bonds. The highest BCUT2D eigenvalue weighted by atomic mass is 15.1. The molecule has 0 heterocycles. The van der Waals surface area contributed by atoms with Crippen molar-refractivity contribution in [1.29, 1.82) is 0 Å². The summed E-state index contributed by atoms with van der Waals surface area (Å²) >= 11 is 0. The predicted molar refractivity (Wildman–Crippen MR) is 273 cm³/mol. The fourth-order valence-electron chi connectivity index (χ4n) is 8.50. The van der Waals surface area contributed by atoms with E-state index in [1.165, 1.54) is 77.9 Å². The van der Waals surface area contributed by atoms with Gasteiger partial charge in [-0.2, -0.15) is 0 Å². The molecule has 0 atom stereocenters. The Morgan fingerprint density at radius 3 is 0.859 bits per heavy atom. The van der Waals surface area contributed by atoms with Gasteiger partial charge in [-0.15, -0.1) is 0 Å². The SMILES string of the molecule is C(=C(\Cc1ccc(-c2ccc(N(c3ccc(-c4ccccc4)cc3)c3ccc(-c4ccccc4)cc3)cc2)cc1)c1ccc(-c2ccccc2)cc1)/c1ccc(-c2ccccc2)cc1. The first-order valence-corrected chi connectivity index (χ1v) is 22.0. The third-order valence-corrected chi connectivity index (χ3v) is 12.0. The van der Waals surface area contributed by atoms with Crippen LogP contribution < -0.4 is 4.90 Å². The molecular weight excluding hydrogens is 771 g/mol. The molecule has 0 saturated heterocycles. The van der Waals surface area contributed by atoms with E-state index in [9.17, 15) is 0 Å². The third kappa shape index (κ3) is 9.16. The molecule has 64 heavy (non-hydrogen) atoms. The molecule has 0 spiro atoms. The molecule has 304 valence electrons. The van der Waals surface area contributed by atoms with Crippen LogP contribution in [-0.4, -0.2) is 0 Å². The van der Waals surface area contributed by atoms with Gasteiger partial charge in [-0.3, -0.25) is 0 Å². The third-order valence-electron chi connectivity index (χ3n) is 12.0. The highest BCUT2D eigenvalue weighted by Gasteiger charge is 2.14. The molecule has 0 aliphatic carbocycles. The number of hydrogen-bond donors (Lipinski definition) is 0. The van der Waals surface area contributed by atoms with E-state index in [0.29, 0.717) is 0 Å². The molecule has 0 aliphatic heterocycles. The Morgan fingerprint density at radius 1 is 0.266 bits per heavy atom. The Balaban J connectivity index is 0.920. The van der Waals surface area contributed by atoms with Crippen molar-refractivity contribution >= 4 is 28.7 Å². The topological polar surface area (TPSA) is 3.24 Å². The van der Waals surface area contributed by atoms with Gasteiger partial charge in [0.2, 0.25) is 0 Å². The van der Waals surface area contributed by atoms with Crippen LogP contribution in [0.1, 0.15) is 16.7 Å². The van der Waals surface area contributed by atoms with Gasteiger partial charge in [0.25, 0.3) is 0 Å². The standard InChI is InChI=1S/C63H47N/c1-5-13-49(14-6-1)53-25-21-47(22-26-53)45-60(59-31-29-55(30-32-59)50-15-7-2-8-16-50)46-48-23-27-54(28-24-48)58-37-43-63(44-38-58)64(61-39-33-56(34-40-61)51-17-9-3-10-18-51)62-41-35-57(36-42-62)52-19-11-4-12-20-52/h1-45H,46H2/b60-45-. The van der Waals surface area contributed by atoms with Gasteiger partial charge in [-0.25, -0.2) is 0 Å². The van der Waals surface area contributed by atoms with Gasteiger partial charge in [0.1, 0.15) is 0 Å². The molecule has 0 bridgehead atoms. The van der Waals surface area contributed by atoms with E-state index in [-0.39, 0.29) is 0 Å². The van der Waals surface area contributed by atoms with Crippen molar-refractivity contribution in [1.82, 2.24) is 0 Å². The van der Waals surface area contributed by atoms with E-state index in [0.717, 1.165) is 23.5 Å². The molecule has 1 heteroatoms. The quantitative estimate of drug-likeness (QED) is 0.111. The summed E-state index contributed by atoms with van der Waals surface area (Å²) in [6.45, 7) is 0. The van der Waals surface area contributed by atoms with Gasteiger partial charge in [-0.05, 0) is 121 Å². The zero-order valence-corrected chi connectivity index (χ0v) is 35.6. The first-order valence-electron chi connectivity index (χ1n) is 22.0. The van der Waals surface area contributed by atoms with Gasteiger partial charge < -0.3 is 4.90 Å². The summed E-state index contributed by atoms with van der Waals surface area (Å²) < 4.78 is 0. The molecule has 0 fully saturated rings. The summed E-state index contributed by atoms with van der Waals surface area (Å²) in [6, 6.07) is 96.0. The molecule has 10 rings (SSSR count). The van der Waals surface area contributed by atoms with Gasteiger partial charge in [0.15, 0.2) is 0 Å². The summed E-state index contributed by atoms with van der Waals surface area (Å²) in [6.07, 6.45) is 3.15. The summed E-state index contributed by atoms with van der Waals surface area (Å²) in [5.74, 6) is 0. The normalized spacial score (nSPS) is 11.3. The lowest BCUT2D eigenvalue weighted by molar-refractivity contribution is 1.28. The second kappa shape index (κ2) is 18.8. The second-order valence-corrected chi connectivity index (χ2v) is 16.2. The lowest BCUT2D eigenvalue weighted by atomic mass is 9.93. The molecule has 0 aliphatic rings. The number of hydrogen-bond acceptors (Lipinski definition) is 1. The molecular formula is C63H47N. The number of benzene rings is 10. The minimum absolute atomic E-state index is 0.811. The van der Waals surface area contributed by atoms with Gasteiger partial charge in [0, 0.05) is 17.1 Å². The van der Waals surface area contributed by atoms with E-state index in [1.807, 2.05) is 0 Å². The van der Waals surface area contributed by atoms with Crippen LogP contribution >= 0.6 is 0 Å². The summed E-state index contributed by atoms with van der Waals surface area (Å²) in [5, 5.41) is 0. The Kier molecular flexibility index (Phi) is 11.7. The average molecular weight is 818 g/mol. The van der Waals surface area contributed by atoms with Gasteiger partial charge in [-0.1, -0.05) is 237 Å². The van der Waals surface area contributed by atoms with Crippen molar-refractivity contribution in [3.8, 4) is 55.6 Å². The highest BCUT2D eigenvalue weighted by Crippen LogP contribution is 2.38. The van der Waals surface area contributed by atoms with Crippen LogP contribution in [0.5, 0.6) is 0 Å². The summed E-state index contributed by atoms with van der Waals surface area (Å²) in [5.41, 5.74) is 20.3. The molecule has 0 saturated carbocycles. The smallest absolute Gasteiger partial charge is 0.0462 e. The van der Waals surface area contributed by atoms with Crippen LogP contribution in [0, 0.1) is 0 Å². The zero-order valence-electron chi connectivity index (χ0n) is 35.6. The lowest BCUT2D eigenvalue weighted by Gasteiger charge is -2.26. The lowest BCUT2D eigenvalue weighted by Crippen LogP contribution is -2.09. The van der Waals surface area contributed by atoms with Crippen molar-refractivity contribution in [2.75, 3.05) is 4.90 Å². The van der Waals surface area contributed by atoms with Crippen LogP contribution in [0.3, 0.4) is 0 Å². The van der Waals surface area contributed by atoms with Gasteiger partial charge >= 0.3 is 0 Å². The largest absolute Gasteiger partial charge is 0.311 e. The van der Waals surface area contributed by atoms with E-state index >= 15 is 0 Å². The van der Waals surface area contributed by atoms with E-state index in [1.54, 1.807) is 0 Å². The molecule has 10 aromatic rings. The van der Waals surface area contributed by atoms with Crippen LogP contribution in [-0.2, 0) is 6.42 Å². The van der Waals surface area contributed by atoms with Crippen LogP contribution in [0.4, 0.5) is 17.1 Å². The Hall–Kier alpha value is -8.26. The monoisotopic (exact) mass is 817 g/mol. The maximum absolute atomic E-state index is 2.34. The van der Waals surface area contributed by atoms with E-state index in [4.69, 9.17) is 0 Å². The van der Waals surface area contributed by atoms with E-state index in [2.05, 4.69) is 278 Å². The van der Waals surface area contributed by atoms with Crippen LogP contribution in [0.25, 0.3) is 67.3 Å². The maximum Gasteiger partial charge on any atom is 0.0462 e. The van der Waals surface area contributed by atoms with Gasteiger partial charge in [0.05, 0.1) is 0 Å². The zero-order chi connectivity index (χ0) is 42.9. The fourth-order valence-corrected chi connectivity index (χ4v) is 8.50. The second-order valence-electron chi connectivity index (χ2n) is 16.2. The van der Waals surface area contributed by atoms with E-state index < -0.39 is 0 Å². The Morgan fingerprint density at radius 2 is 0.531 bits per heavy atom. The van der Waals surface area contributed by atoms with Crippen molar-refractivity contribution < 1.29 is 0 Å². The molecule has 0 radical (unpaired) electrons. The number of allylic oxidation sites excluding steroid dienone is 1. The first-order chi connectivity index (χ1) is 31.7. The molecule has 10 aromatic carbocycles. The highest BCUT2D eigenvalue weighted by molar-refractivity contribution is 5.85. The number of rotatable bonds is 12. The fraction of sp³-hybridized carbons (Fsp3) is 0.0159. The summed E-state index contributed by atoms with van der Waals surface area (Å²) in [4.78, 5) is 2.34. The molecule has 0 unspecified atom stereocenters. The molecule has 0 N–H and O–H groups in total. The minimum atomic E-state index is 0.811. The molecule has 1 nitrogen and oxygen atoms in total. The summed E-state index contributed by atoms with van der Waals surface area (Å²) in [7, 11) is 0. The number of anilines is 3. The van der Waals surface area contributed by atoms with Crippen LogP contribution in [0.15, 0.2) is 267 Å².